The highest BCUT2D eigenvalue weighted by Gasteiger charge is 2.12. The lowest BCUT2D eigenvalue weighted by Gasteiger charge is -2.10. The average Bonchev–Trinajstić information content (AvgIpc) is 3.13. The molecule has 28 heavy (non-hydrogen) atoms. The maximum absolute atomic E-state index is 4.55. The smallest absolute Gasteiger partial charge is 0.168 e. The van der Waals surface area contributed by atoms with E-state index in [-0.39, 0.29) is 12.4 Å². The van der Waals surface area contributed by atoms with Crippen molar-refractivity contribution >= 4 is 45.7 Å². The first-order valence-corrected chi connectivity index (χ1v) is 8.80. The van der Waals surface area contributed by atoms with Crippen LogP contribution in [0.4, 0.5) is 11.5 Å². The van der Waals surface area contributed by atoms with E-state index < -0.39 is 0 Å². The number of benzene rings is 3. The molecule has 1 N–H and O–H groups in total. The van der Waals surface area contributed by atoms with Gasteiger partial charge < -0.3 is 5.32 Å². The minimum absolute atomic E-state index is 0. The maximum atomic E-state index is 4.55. The van der Waals surface area contributed by atoms with Crippen molar-refractivity contribution in [2.24, 2.45) is 0 Å². The predicted molar refractivity (Wildman–Crippen MR) is 116 cm³/mol. The van der Waals surface area contributed by atoms with E-state index in [1.807, 2.05) is 41.2 Å². The molecule has 0 atom stereocenters. The number of halogens is 1. The number of fused-ring (bicyclic) bond motifs is 2. The summed E-state index contributed by atoms with van der Waals surface area (Å²) in [6.45, 7) is 2.07. The van der Waals surface area contributed by atoms with Gasteiger partial charge in [0.15, 0.2) is 5.65 Å². The average molecular weight is 388 g/mol. The molecule has 0 aliphatic heterocycles. The van der Waals surface area contributed by atoms with Crippen molar-refractivity contribution in [2.45, 2.75) is 6.92 Å². The minimum Gasteiger partial charge on any atom is -0.339 e. The van der Waals surface area contributed by atoms with Gasteiger partial charge in [-0.2, -0.15) is 5.10 Å². The highest BCUT2D eigenvalue weighted by atomic mass is 35.5. The first-order valence-electron chi connectivity index (χ1n) is 8.80. The Hall–Kier alpha value is -3.44. The van der Waals surface area contributed by atoms with Gasteiger partial charge in [-0.25, -0.2) is 14.6 Å². The maximum Gasteiger partial charge on any atom is 0.168 e. The van der Waals surface area contributed by atoms with Gasteiger partial charge in [-0.15, -0.1) is 12.4 Å². The van der Waals surface area contributed by atoms with Gasteiger partial charge in [-0.1, -0.05) is 48.5 Å². The Bertz CT molecular complexity index is 1270. The van der Waals surface area contributed by atoms with Crippen LogP contribution < -0.4 is 5.32 Å². The van der Waals surface area contributed by atoms with E-state index >= 15 is 0 Å². The third-order valence-electron chi connectivity index (χ3n) is 4.65. The second-order valence-corrected chi connectivity index (χ2v) is 6.51. The first kappa shape index (κ1) is 17.9. The third kappa shape index (κ3) is 3.06. The Balaban J connectivity index is 0.00000192. The molecule has 0 unspecified atom stereocenters. The van der Waals surface area contributed by atoms with Gasteiger partial charge in [0.1, 0.15) is 12.1 Å². The van der Waals surface area contributed by atoms with E-state index in [1.54, 1.807) is 6.33 Å². The fourth-order valence-electron chi connectivity index (χ4n) is 3.35. The van der Waals surface area contributed by atoms with Crippen molar-refractivity contribution in [2.75, 3.05) is 5.32 Å². The van der Waals surface area contributed by atoms with Crippen molar-refractivity contribution in [1.29, 1.82) is 0 Å². The topological polar surface area (TPSA) is 55.6 Å². The van der Waals surface area contributed by atoms with Gasteiger partial charge in [-0.05, 0) is 36.1 Å². The van der Waals surface area contributed by atoms with Crippen LogP contribution in [0.25, 0.3) is 27.5 Å². The molecule has 0 spiro atoms. The zero-order valence-electron chi connectivity index (χ0n) is 15.2. The molecule has 2 aromatic heterocycles. The highest BCUT2D eigenvalue weighted by molar-refractivity contribution is 5.98. The molecule has 0 aliphatic rings. The molecule has 6 heteroatoms. The zero-order valence-corrected chi connectivity index (χ0v) is 16.0. The first-order chi connectivity index (χ1) is 13.3. The molecule has 5 nitrogen and oxygen atoms in total. The molecule has 0 aliphatic carbocycles. The summed E-state index contributed by atoms with van der Waals surface area (Å²) < 4.78 is 1.85. The number of rotatable bonds is 3. The number of nitrogens with one attached hydrogen (secondary N) is 1. The summed E-state index contributed by atoms with van der Waals surface area (Å²) in [6, 6.07) is 22.7. The molecule has 0 amide bonds. The lowest BCUT2D eigenvalue weighted by atomic mass is 10.1. The minimum atomic E-state index is 0. The quantitative estimate of drug-likeness (QED) is 0.447. The number of nitrogens with zero attached hydrogens (tertiary/aromatic N) is 4. The second kappa shape index (κ2) is 7.29. The monoisotopic (exact) mass is 387 g/mol. The number of anilines is 2. The molecular weight excluding hydrogens is 370 g/mol. The van der Waals surface area contributed by atoms with Crippen molar-refractivity contribution in [3.8, 4) is 5.69 Å². The van der Waals surface area contributed by atoms with Crippen LogP contribution in [0.1, 0.15) is 5.56 Å². The van der Waals surface area contributed by atoms with Gasteiger partial charge >= 0.3 is 0 Å². The number of hydrogen-bond donors (Lipinski definition) is 1. The van der Waals surface area contributed by atoms with Crippen LogP contribution in [0.2, 0.25) is 0 Å². The normalized spacial score (nSPS) is 10.8. The molecule has 0 bridgehead atoms. The van der Waals surface area contributed by atoms with Gasteiger partial charge in [-0.3, -0.25) is 0 Å². The van der Waals surface area contributed by atoms with Crippen LogP contribution in [-0.2, 0) is 0 Å². The molecule has 2 heterocycles. The fraction of sp³-hybridized carbons (Fsp3) is 0.0455. The second-order valence-electron chi connectivity index (χ2n) is 6.51. The molecule has 0 radical (unpaired) electrons. The summed E-state index contributed by atoms with van der Waals surface area (Å²) in [5, 5.41) is 11.2. The molecule has 138 valence electrons. The van der Waals surface area contributed by atoms with E-state index in [0.717, 1.165) is 33.6 Å². The van der Waals surface area contributed by atoms with Crippen LogP contribution in [-0.4, -0.2) is 19.7 Å². The van der Waals surface area contributed by atoms with E-state index in [9.17, 15) is 0 Å². The Morgan fingerprint density at radius 1 is 0.857 bits per heavy atom. The summed E-state index contributed by atoms with van der Waals surface area (Å²) >= 11 is 0. The molecule has 0 saturated heterocycles. The van der Waals surface area contributed by atoms with E-state index in [0.29, 0.717) is 0 Å². The van der Waals surface area contributed by atoms with Crippen LogP contribution in [0.5, 0.6) is 0 Å². The Kier molecular flexibility index (Phi) is 4.67. The van der Waals surface area contributed by atoms with Crippen molar-refractivity contribution in [1.82, 2.24) is 19.7 Å². The third-order valence-corrected chi connectivity index (χ3v) is 4.65. The van der Waals surface area contributed by atoms with Gasteiger partial charge in [0, 0.05) is 11.1 Å². The number of hydrogen-bond acceptors (Lipinski definition) is 4. The van der Waals surface area contributed by atoms with Crippen LogP contribution in [0.15, 0.2) is 79.3 Å². The fourth-order valence-corrected chi connectivity index (χ4v) is 3.35. The van der Waals surface area contributed by atoms with E-state index in [2.05, 4.69) is 63.7 Å². The Morgan fingerprint density at radius 2 is 1.68 bits per heavy atom. The summed E-state index contributed by atoms with van der Waals surface area (Å²) in [6.07, 6.45) is 3.38. The Morgan fingerprint density at radius 3 is 2.57 bits per heavy atom. The number of aryl methyl sites for hydroxylation is 1. The summed E-state index contributed by atoms with van der Waals surface area (Å²) in [5.74, 6) is 0.746. The molecule has 5 rings (SSSR count). The molecule has 3 aromatic carbocycles. The van der Waals surface area contributed by atoms with Gasteiger partial charge in [0.2, 0.25) is 0 Å². The summed E-state index contributed by atoms with van der Waals surface area (Å²) in [4.78, 5) is 8.92. The van der Waals surface area contributed by atoms with Crippen LogP contribution in [0.3, 0.4) is 0 Å². The van der Waals surface area contributed by atoms with E-state index in [4.69, 9.17) is 0 Å². The van der Waals surface area contributed by atoms with Gasteiger partial charge in [0.05, 0.1) is 17.3 Å². The Labute approximate surface area is 168 Å². The van der Waals surface area contributed by atoms with Crippen molar-refractivity contribution < 1.29 is 0 Å². The number of aromatic nitrogens is 4. The molecule has 5 aromatic rings. The van der Waals surface area contributed by atoms with Crippen LogP contribution in [0, 0.1) is 6.92 Å². The SMILES string of the molecule is Cc1cccc(-n2ncc3c(Nc4cccc5ccccc45)ncnc32)c1.Cl. The van der Waals surface area contributed by atoms with Crippen molar-refractivity contribution in [3.63, 3.8) is 0 Å². The van der Waals surface area contributed by atoms with Crippen molar-refractivity contribution in [3.05, 3.63) is 84.8 Å². The standard InChI is InChI=1S/C22H17N5.ClH/c1-15-6-4-9-17(12-15)27-22-19(13-25-27)21(23-14-24-22)26-20-11-5-8-16-7-2-3-10-18(16)20;/h2-14H,1H3,(H,23,24,26);1H. The largest absolute Gasteiger partial charge is 0.339 e. The lowest BCUT2D eigenvalue weighted by Crippen LogP contribution is -2.00. The summed E-state index contributed by atoms with van der Waals surface area (Å²) in [7, 11) is 0. The molecule has 0 saturated carbocycles. The van der Waals surface area contributed by atoms with E-state index in [1.165, 1.54) is 10.9 Å². The predicted octanol–water partition coefficient (Wildman–Crippen LogP) is 5.44. The zero-order chi connectivity index (χ0) is 18.2. The molecular formula is C22H18ClN5. The highest BCUT2D eigenvalue weighted by Crippen LogP contribution is 2.29. The van der Waals surface area contributed by atoms with Crippen LogP contribution >= 0.6 is 12.4 Å². The summed E-state index contributed by atoms with van der Waals surface area (Å²) in [5.41, 5.74) is 3.95. The van der Waals surface area contributed by atoms with Gasteiger partial charge in [0.25, 0.3) is 0 Å². The lowest BCUT2D eigenvalue weighted by molar-refractivity contribution is 0.894. The molecule has 0 fully saturated rings.